The van der Waals surface area contributed by atoms with Gasteiger partial charge in [0.2, 0.25) is 5.95 Å². The first-order chi connectivity index (χ1) is 10.0. The lowest BCUT2D eigenvalue weighted by Gasteiger charge is -2.16. The van der Waals surface area contributed by atoms with E-state index < -0.39 is 31.2 Å². The second-order valence-corrected chi connectivity index (χ2v) is 4.89. The van der Waals surface area contributed by atoms with Crippen LogP contribution >= 0.6 is 12.2 Å². The van der Waals surface area contributed by atoms with Crippen molar-refractivity contribution in [2.45, 2.75) is 24.6 Å². The first kappa shape index (κ1) is 14.2. The van der Waals surface area contributed by atoms with Crippen LogP contribution in [0.15, 0.2) is 6.33 Å². The lowest BCUT2D eigenvalue weighted by Crippen LogP contribution is -2.38. The molecule has 2 aromatic heterocycles. The molecule has 1 fully saturated rings. The molecule has 114 valence electrons. The molecule has 0 unspecified atom stereocenters. The van der Waals surface area contributed by atoms with Crippen LogP contribution < -0.4 is 10.6 Å². The summed E-state index contributed by atoms with van der Waals surface area (Å²) in [6.07, 6.45) is -3.37. The summed E-state index contributed by atoms with van der Waals surface area (Å²) in [4.78, 5) is 16.0. The zero-order valence-corrected chi connectivity index (χ0v) is 11.4. The lowest BCUT2D eigenvalue weighted by molar-refractivity contribution is -0.169. The van der Waals surface area contributed by atoms with Gasteiger partial charge in [0.05, 0.1) is 6.61 Å². The molecule has 3 heterocycles. The predicted octanol–water partition coefficient (Wildman–Crippen LogP) is -2.06. The van der Waals surface area contributed by atoms with Gasteiger partial charge in [-0.25, -0.2) is 9.97 Å². The Morgan fingerprint density at radius 3 is 2.90 bits per heavy atom. The van der Waals surface area contributed by atoms with Gasteiger partial charge in [-0.2, -0.15) is 4.73 Å². The lowest BCUT2D eigenvalue weighted by atomic mass is 10.1. The zero-order valence-electron chi connectivity index (χ0n) is 10.6. The van der Waals surface area contributed by atoms with E-state index in [1.165, 1.54) is 11.1 Å². The standard InChI is InChI=1S/C10H13N5O5S/c11-10-13-7-4(8(21)14-10)12-2-15(7)20-9-6(18)5(17)3(1-16)19-9/h2-3,5-6,9,16-18H,1H2,(H3,11,13,14,21)/t3-,5-,6-,9-/m1/s1. The summed E-state index contributed by atoms with van der Waals surface area (Å²) in [7, 11) is 0. The number of nitrogens with one attached hydrogen (secondary N) is 1. The van der Waals surface area contributed by atoms with Gasteiger partial charge in [-0.1, -0.05) is 12.2 Å². The monoisotopic (exact) mass is 315 g/mol. The Morgan fingerprint density at radius 1 is 1.48 bits per heavy atom. The quantitative estimate of drug-likeness (QED) is 0.402. The normalized spacial score (nSPS) is 29.1. The third-order valence-corrected chi connectivity index (χ3v) is 3.41. The van der Waals surface area contributed by atoms with Gasteiger partial charge in [0.15, 0.2) is 10.3 Å². The molecule has 10 nitrogen and oxygen atoms in total. The van der Waals surface area contributed by atoms with Gasteiger partial charge in [0.25, 0.3) is 6.29 Å². The van der Waals surface area contributed by atoms with Gasteiger partial charge in [-0.3, -0.25) is 0 Å². The summed E-state index contributed by atoms with van der Waals surface area (Å²) in [6.45, 7) is -0.442. The Kier molecular flexibility index (Phi) is 3.51. The molecular formula is C10H13N5O5S. The van der Waals surface area contributed by atoms with E-state index in [-0.39, 0.29) is 10.6 Å². The number of nitrogen functional groups attached to an aromatic ring is 1. The highest BCUT2D eigenvalue weighted by atomic mass is 32.1. The summed E-state index contributed by atoms with van der Waals surface area (Å²) >= 11 is 5.02. The van der Waals surface area contributed by atoms with Crippen molar-refractivity contribution < 1.29 is 24.9 Å². The molecule has 1 saturated heterocycles. The van der Waals surface area contributed by atoms with Crippen molar-refractivity contribution in [1.29, 1.82) is 0 Å². The summed E-state index contributed by atoms with van der Waals surface area (Å²) in [5.74, 6) is 0.0824. The van der Waals surface area contributed by atoms with Crippen LogP contribution in [0.3, 0.4) is 0 Å². The fourth-order valence-corrected chi connectivity index (χ4v) is 2.31. The number of fused-ring (bicyclic) bond motifs is 1. The second kappa shape index (κ2) is 5.20. The highest BCUT2D eigenvalue weighted by Gasteiger charge is 2.44. The number of H-pyrrole nitrogens is 1. The van der Waals surface area contributed by atoms with E-state index in [0.717, 1.165) is 0 Å². The number of imidazole rings is 1. The van der Waals surface area contributed by atoms with Crippen molar-refractivity contribution >= 4 is 29.3 Å². The van der Waals surface area contributed by atoms with Crippen LogP contribution in [0, 0.1) is 4.64 Å². The summed E-state index contributed by atoms with van der Waals surface area (Å²) in [5.41, 5.74) is 6.27. The van der Waals surface area contributed by atoms with Crippen molar-refractivity contribution in [2.24, 2.45) is 0 Å². The largest absolute Gasteiger partial charge is 0.394 e. The molecule has 21 heavy (non-hydrogen) atoms. The molecule has 0 bridgehead atoms. The molecule has 0 aromatic carbocycles. The van der Waals surface area contributed by atoms with Crippen molar-refractivity contribution in [3.05, 3.63) is 11.0 Å². The maximum Gasteiger partial charge on any atom is 0.254 e. The number of nitrogens with zero attached hydrogens (tertiary/aromatic N) is 3. The highest BCUT2D eigenvalue weighted by Crippen LogP contribution is 2.21. The SMILES string of the molecule is Nc1nc(=S)c2ncn(O[C@H]3O[C@H](CO)[C@@H](O)[C@H]3O)c2[nH]1. The van der Waals surface area contributed by atoms with Crippen LogP contribution in [-0.2, 0) is 4.74 Å². The number of hydrogen-bond acceptors (Lipinski definition) is 9. The fraction of sp³-hybridized carbons (Fsp3) is 0.500. The van der Waals surface area contributed by atoms with E-state index in [1.54, 1.807) is 0 Å². The second-order valence-electron chi connectivity index (χ2n) is 4.51. The average molecular weight is 315 g/mol. The molecule has 1 aliphatic rings. The molecule has 0 saturated carbocycles. The van der Waals surface area contributed by atoms with Crippen molar-refractivity contribution in [2.75, 3.05) is 12.3 Å². The van der Waals surface area contributed by atoms with Crippen molar-refractivity contribution in [3.8, 4) is 0 Å². The summed E-state index contributed by atoms with van der Waals surface area (Å²) < 4.78 is 6.58. The van der Waals surface area contributed by atoms with Crippen LogP contribution in [0.1, 0.15) is 0 Å². The Hall–Kier alpha value is -1.79. The smallest absolute Gasteiger partial charge is 0.254 e. The summed E-state index contributed by atoms with van der Waals surface area (Å²) in [6, 6.07) is 0. The Balaban J connectivity index is 1.91. The van der Waals surface area contributed by atoms with Crippen LogP contribution in [0.25, 0.3) is 11.2 Å². The number of hydrogen-bond donors (Lipinski definition) is 5. The minimum absolute atomic E-state index is 0.0824. The van der Waals surface area contributed by atoms with E-state index in [4.69, 9.17) is 32.6 Å². The average Bonchev–Trinajstić information content (AvgIpc) is 2.96. The number of aromatic nitrogens is 4. The number of nitrogens with two attached hydrogens (primary N) is 1. The summed E-state index contributed by atoms with van der Waals surface area (Å²) in [5, 5.41) is 28.5. The van der Waals surface area contributed by atoms with Gasteiger partial charge in [0, 0.05) is 0 Å². The molecule has 6 N–H and O–H groups in total. The minimum atomic E-state index is -1.32. The number of anilines is 1. The van der Waals surface area contributed by atoms with E-state index in [1.807, 2.05) is 0 Å². The van der Waals surface area contributed by atoms with Gasteiger partial charge in [-0.15, -0.1) is 0 Å². The van der Waals surface area contributed by atoms with Crippen LogP contribution in [0.4, 0.5) is 5.95 Å². The third-order valence-electron chi connectivity index (χ3n) is 3.12. The van der Waals surface area contributed by atoms with Crippen LogP contribution in [0.2, 0.25) is 0 Å². The first-order valence-electron chi connectivity index (χ1n) is 6.03. The zero-order chi connectivity index (χ0) is 15.1. The number of aromatic amines is 1. The first-order valence-corrected chi connectivity index (χ1v) is 6.44. The predicted molar refractivity (Wildman–Crippen MR) is 71.5 cm³/mol. The van der Waals surface area contributed by atoms with Crippen LogP contribution in [-0.4, -0.2) is 66.2 Å². The Morgan fingerprint density at radius 2 is 2.24 bits per heavy atom. The maximum absolute atomic E-state index is 9.83. The number of aliphatic hydroxyl groups is 3. The van der Waals surface area contributed by atoms with Crippen molar-refractivity contribution in [3.63, 3.8) is 0 Å². The van der Waals surface area contributed by atoms with E-state index in [9.17, 15) is 10.2 Å². The molecule has 0 amide bonds. The molecule has 3 rings (SSSR count). The van der Waals surface area contributed by atoms with E-state index in [0.29, 0.717) is 11.2 Å². The molecule has 0 aliphatic carbocycles. The van der Waals surface area contributed by atoms with Crippen molar-refractivity contribution in [1.82, 2.24) is 19.7 Å². The van der Waals surface area contributed by atoms with Gasteiger partial charge in [-0.05, 0) is 0 Å². The van der Waals surface area contributed by atoms with E-state index >= 15 is 0 Å². The molecule has 0 radical (unpaired) electrons. The van der Waals surface area contributed by atoms with Gasteiger partial charge >= 0.3 is 0 Å². The Labute approximate surface area is 122 Å². The fourth-order valence-electron chi connectivity index (χ4n) is 2.06. The molecule has 0 spiro atoms. The molecule has 1 aliphatic heterocycles. The highest BCUT2D eigenvalue weighted by molar-refractivity contribution is 7.71. The molecule has 2 aromatic rings. The Bertz CT molecular complexity index is 717. The number of ether oxygens (including phenoxy) is 1. The minimum Gasteiger partial charge on any atom is -0.394 e. The van der Waals surface area contributed by atoms with Gasteiger partial charge in [0.1, 0.15) is 30.2 Å². The third kappa shape index (κ3) is 2.34. The maximum atomic E-state index is 9.83. The number of rotatable bonds is 3. The molecule has 4 atom stereocenters. The topological polar surface area (TPSA) is 152 Å². The van der Waals surface area contributed by atoms with Gasteiger partial charge < -0.3 is 35.6 Å². The molecular weight excluding hydrogens is 302 g/mol. The molecule has 11 heteroatoms. The number of aliphatic hydroxyl groups excluding tert-OH is 3. The van der Waals surface area contributed by atoms with Crippen LogP contribution in [0.5, 0.6) is 0 Å². The van der Waals surface area contributed by atoms with E-state index in [2.05, 4.69) is 15.0 Å².